The summed E-state index contributed by atoms with van der Waals surface area (Å²) in [7, 11) is 2.08. The average Bonchev–Trinajstić information content (AvgIpc) is 2.33. The molecule has 1 aliphatic carbocycles. The second kappa shape index (κ2) is 3.21. The molecule has 0 saturated heterocycles. The van der Waals surface area contributed by atoms with Gasteiger partial charge in [-0.15, -0.1) is 0 Å². The Hall–Kier alpha value is -0.0400. The topological polar surface area (TPSA) is 12.0 Å². The molecule has 0 aromatic carbocycles. The van der Waals surface area contributed by atoms with E-state index in [2.05, 4.69) is 19.3 Å². The minimum atomic E-state index is 0.829. The lowest BCUT2D eigenvalue weighted by atomic mass is 10.0. The summed E-state index contributed by atoms with van der Waals surface area (Å²) in [4.78, 5) is 0. The summed E-state index contributed by atoms with van der Waals surface area (Å²) in [6, 6.07) is 0.829. The maximum atomic E-state index is 3.36. The minimum absolute atomic E-state index is 0.829. The molecule has 0 bridgehead atoms. The van der Waals surface area contributed by atoms with E-state index < -0.39 is 0 Å². The quantitative estimate of drug-likeness (QED) is 0.596. The summed E-state index contributed by atoms with van der Waals surface area (Å²) in [6.45, 7) is 2.29. The number of nitrogens with one attached hydrogen (secondary N) is 1. The van der Waals surface area contributed by atoms with Crippen LogP contribution in [0.3, 0.4) is 0 Å². The Labute approximate surface area is 57.8 Å². The molecular formula is C8H17N. The SMILES string of the molecule is CCC1CCCC1NC. The maximum Gasteiger partial charge on any atom is 0.00922 e. The smallest absolute Gasteiger partial charge is 0.00922 e. The van der Waals surface area contributed by atoms with Crippen molar-refractivity contribution in [2.75, 3.05) is 7.05 Å². The summed E-state index contributed by atoms with van der Waals surface area (Å²) in [5.74, 6) is 0.968. The predicted octanol–water partition coefficient (Wildman–Crippen LogP) is 1.78. The van der Waals surface area contributed by atoms with Gasteiger partial charge in [0.15, 0.2) is 0 Å². The van der Waals surface area contributed by atoms with Crippen molar-refractivity contribution in [3.8, 4) is 0 Å². The molecule has 9 heavy (non-hydrogen) atoms. The first kappa shape index (κ1) is 7.07. The maximum absolute atomic E-state index is 3.36. The minimum Gasteiger partial charge on any atom is -0.317 e. The molecule has 0 aromatic heterocycles. The summed E-state index contributed by atoms with van der Waals surface area (Å²) in [6.07, 6.45) is 5.63. The van der Waals surface area contributed by atoms with Crippen molar-refractivity contribution in [1.29, 1.82) is 0 Å². The molecule has 0 aliphatic heterocycles. The van der Waals surface area contributed by atoms with Crippen molar-refractivity contribution >= 4 is 0 Å². The zero-order valence-corrected chi connectivity index (χ0v) is 6.48. The second-order valence-corrected chi connectivity index (χ2v) is 2.99. The van der Waals surface area contributed by atoms with E-state index in [4.69, 9.17) is 0 Å². The first-order valence-electron chi connectivity index (χ1n) is 4.05. The van der Waals surface area contributed by atoms with Crippen molar-refractivity contribution in [3.63, 3.8) is 0 Å². The Balaban J connectivity index is 2.32. The van der Waals surface area contributed by atoms with Crippen LogP contribution in [0.1, 0.15) is 32.6 Å². The van der Waals surface area contributed by atoms with E-state index in [1.165, 1.54) is 25.7 Å². The van der Waals surface area contributed by atoms with Crippen LogP contribution in [0.15, 0.2) is 0 Å². The normalized spacial score (nSPS) is 35.3. The molecule has 1 saturated carbocycles. The Kier molecular flexibility index (Phi) is 2.52. The van der Waals surface area contributed by atoms with Gasteiger partial charge >= 0.3 is 0 Å². The third-order valence-electron chi connectivity index (χ3n) is 2.55. The summed E-state index contributed by atoms with van der Waals surface area (Å²) in [5.41, 5.74) is 0. The van der Waals surface area contributed by atoms with Gasteiger partial charge in [-0.05, 0) is 25.8 Å². The molecule has 0 aromatic rings. The van der Waals surface area contributed by atoms with E-state index in [1.54, 1.807) is 0 Å². The molecule has 1 aliphatic rings. The van der Waals surface area contributed by atoms with Crippen LogP contribution in [-0.4, -0.2) is 13.1 Å². The Bertz CT molecular complexity index is 70.6. The lowest BCUT2D eigenvalue weighted by molar-refractivity contribution is 0.414. The number of rotatable bonds is 2. The van der Waals surface area contributed by atoms with Gasteiger partial charge in [-0.1, -0.05) is 19.8 Å². The highest BCUT2D eigenvalue weighted by Crippen LogP contribution is 2.27. The number of hydrogen-bond acceptors (Lipinski definition) is 1. The van der Waals surface area contributed by atoms with E-state index in [9.17, 15) is 0 Å². The summed E-state index contributed by atoms with van der Waals surface area (Å²) >= 11 is 0. The van der Waals surface area contributed by atoms with Gasteiger partial charge in [0.1, 0.15) is 0 Å². The molecule has 1 N–H and O–H groups in total. The molecule has 1 heteroatoms. The van der Waals surface area contributed by atoms with Crippen molar-refractivity contribution in [2.45, 2.75) is 38.6 Å². The molecule has 0 amide bonds. The molecule has 0 spiro atoms. The predicted molar refractivity (Wildman–Crippen MR) is 40.5 cm³/mol. The van der Waals surface area contributed by atoms with Crippen molar-refractivity contribution in [3.05, 3.63) is 0 Å². The van der Waals surface area contributed by atoms with Crippen LogP contribution in [0.5, 0.6) is 0 Å². The van der Waals surface area contributed by atoms with Crippen molar-refractivity contribution in [1.82, 2.24) is 5.32 Å². The third kappa shape index (κ3) is 1.45. The van der Waals surface area contributed by atoms with Crippen molar-refractivity contribution < 1.29 is 0 Å². The van der Waals surface area contributed by atoms with Gasteiger partial charge in [-0.2, -0.15) is 0 Å². The van der Waals surface area contributed by atoms with Gasteiger partial charge in [0, 0.05) is 6.04 Å². The molecule has 0 heterocycles. The zero-order valence-electron chi connectivity index (χ0n) is 6.48. The van der Waals surface area contributed by atoms with Crippen LogP contribution in [0.4, 0.5) is 0 Å². The standard InChI is InChI=1S/C8H17N/c1-3-7-5-4-6-8(7)9-2/h7-9H,3-6H2,1-2H3. The highest BCUT2D eigenvalue weighted by atomic mass is 14.9. The molecule has 54 valence electrons. The average molecular weight is 127 g/mol. The molecule has 2 unspecified atom stereocenters. The van der Waals surface area contributed by atoms with Gasteiger partial charge in [0.05, 0.1) is 0 Å². The summed E-state index contributed by atoms with van der Waals surface area (Å²) in [5, 5.41) is 3.36. The zero-order chi connectivity index (χ0) is 6.69. The highest BCUT2D eigenvalue weighted by molar-refractivity contribution is 4.80. The van der Waals surface area contributed by atoms with E-state index in [-0.39, 0.29) is 0 Å². The summed E-state index contributed by atoms with van der Waals surface area (Å²) < 4.78 is 0. The third-order valence-corrected chi connectivity index (χ3v) is 2.55. The van der Waals surface area contributed by atoms with E-state index in [0.717, 1.165) is 12.0 Å². The highest BCUT2D eigenvalue weighted by Gasteiger charge is 2.23. The van der Waals surface area contributed by atoms with Gasteiger partial charge < -0.3 is 5.32 Å². The van der Waals surface area contributed by atoms with Crippen LogP contribution in [-0.2, 0) is 0 Å². The lowest BCUT2D eigenvalue weighted by Gasteiger charge is -2.15. The van der Waals surface area contributed by atoms with E-state index >= 15 is 0 Å². The van der Waals surface area contributed by atoms with Crippen LogP contribution < -0.4 is 5.32 Å². The first-order chi connectivity index (χ1) is 4.38. The molecule has 1 nitrogen and oxygen atoms in total. The van der Waals surface area contributed by atoms with E-state index in [1.807, 2.05) is 0 Å². The fraction of sp³-hybridized carbons (Fsp3) is 1.00. The molecule has 0 radical (unpaired) electrons. The molecule has 1 fully saturated rings. The van der Waals surface area contributed by atoms with Crippen LogP contribution in [0.2, 0.25) is 0 Å². The van der Waals surface area contributed by atoms with Crippen LogP contribution in [0, 0.1) is 5.92 Å². The van der Waals surface area contributed by atoms with Gasteiger partial charge in [-0.3, -0.25) is 0 Å². The Morgan fingerprint density at radius 1 is 1.44 bits per heavy atom. The van der Waals surface area contributed by atoms with Gasteiger partial charge in [0.2, 0.25) is 0 Å². The monoisotopic (exact) mass is 127 g/mol. The van der Waals surface area contributed by atoms with E-state index in [0.29, 0.717) is 0 Å². The molecule has 2 atom stereocenters. The second-order valence-electron chi connectivity index (χ2n) is 2.99. The van der Waals surface area contributed by atoms with Crippen LogP contribution >= 0.6 is 0 Å². The van der Waals surface area contributed by atoms with Gasteiger partial charge in [0.25, 0.3) is 0 Å². The fourth-order valence-electron chi connectivity index (χ4n) is 1.91. The largest absolute Gasteiger partial charge is 0.317 e. The Morgan fingerprint density at radius 3 is 2.67 bits per heavy atom. The van der Waals surface area contributed by atoms with Gasteiger partial charge in [-0.25, -0.2) is 0 Å². The van der Waals surface area contributed by atoms with Crippen LogP contribution in [0.25, 0.3) is 0 Å². The fourth-order valence-corrected chi connectivity index (χ4v) is 1.91. The van der Waals surface area contributed by atoms with Crippen molar-refractivity contribution in [2.24, 2.45) is 5.92 Å². The molecular weight excluding hydrogens is 110 g/mol. The number of hydrogen-bond donors (Lipinski definition) is 1. The Morgan fingerprint density at radius 2 is 2.22 bits per heavy atom. The lowest BCUT2D eigenvalue weighted by Crippen LogP contribution is -2.28. The first-order valence-corrected chi connectivity index (χ1v) is 4.05. The molecule has 1 rings (SSSR count).